The van der Waals surface area contributed by atoms with Gasteiger partial charge in [-0.3, -0.25) is 4.79 Å². The fraction of sp³-hybridized carbons (Fsp3) is 0.235. The van der Waals surface area contributed by atoms with Crippen LogP contribution in [0.5, 0.6) is 5.75 Å². The molecular weight excluding hydrogens is 236 g/mol. The maximum absolute atomic E-state index is 12.6. The molecule has 2 rings (SSSR count). The van der Waals surface area contributed by atoms with Crippen LogP contribution in [-0.2, 0) is 0 Å². The van der Waals surface area contributed by atoms with E-state index in [1.807, 2.05) is 45.0 Å². The Morgan fingerprint density at radius 3 is 1.95 bits per heavy atom. The second kappa shape index (κ2) is 5.27. The lowest BCUT2D eigenvalue weighted by Crippen LogP contribution is -2.06. The molecule has 0 atom stereocenters. The van der Waals surface area contributed by atoms with Gasteiger partial charge in [-0.2, -0.15) is 0 Å². The van der Waals surface area contributed by atoms with Crippen LogP contribution in [0, 0.1) is 20.8 Å². The SMILES string of the molecule is COc1ccc(C(=O)c2c(C)cc(C)cc2C)cc1. The maximum Gasteiger partial charge on any atom is 0.193 e. The monoisotopic (exact) mass is 254 g/mol. The van der Waals surface area contributed by atoms with Crippen LogP contribution in [0.25, 0.3) is 0 Å². The molecule has 0 saturated carbocycles. The average Bonchev–Trinajstić information content (AvgIpc) is 2.37. The topological polar surface area (TPSA) is 26.3 Å². The van der Waals surface area contributed by atoms with Crippen LogP contribution in [-0.4, -0.2) is 12.9 Å². The van der Waals surface area contributed by atoms with Gasteiger partial charge in [0.15, 0.2) is 5.78 Å². The largest absolute Gasteiger partial charge is 0.497 e. The Kier molecular flexibility index (Phi) is 3.70. The Morgan fingerprint density at radius 2 is 1.47 bits per heavy atom. The molecule has 2 aromatic carbocycles. The van der Waals surface area contributed by atoms with Crippen LogP contribution >= 0.6 is 0 Å². The highest BCUT2D eigenvalue weighted by molar-refractivity contribution is 6.10. The molecule has 0 N–H and O–H groups in total. The Balaban J connectivity index is 2.44. The minimum Gasteiger partial charge on any atom is -0.497 e. The summed E-state index contributed by atoms with van der Waals surface area (Å²) >= 11 is 0. The van der Waals surface area contributed by atoms with E-state index in [4.69, 9.17) is 4.74 Å². The molecule has 0 saturated heterocycles. The molecule has 0 heterocycles. The van der Waals surface area contributed by atoms with E-state index in [0.29, 0.717) is 5.56 Å². The van der Waals surface area contributed by atoms with Gasteiger partial charge in [0.1, 0.15) is 5.75 Å². The summed E-state index contributed by atoms with van der Waals surface area (Å²) in [5.74, 6) is 0.826. The van der Waals surface area contributed by atoms with Gasteiger partial charge < -0.3 is 4.74 Å². The van der Waals surface area contributed by atoms with Crippen molar-refractivity contribution in [1.82, 2.24) is 0 Å². The van der Waals surface area contributed by atoms with E-state index in [-0.39, 0.29) is 5.78 Å². The van der Waals surface area contributed by atoms with E-state index >= 15 is 0 Å². The van der Waals surface area contributed by atoms with Crippen molar-refractivity contribution in [3.05, 3.63) is 64.2 Å². The normalized spacial score (nSPS) is 10.3. The quantitative estimate of drug-likeness (QED) is 0.778. The summed E-state index contributed by atoms with van der Waals surface area (Å²) in [6.45, 7) is 6.01. The summed E-state index contributed by atoms with van der Waals surface area (Å²) in [5, 5.41) is 0. The Labute approximate surface area is 114 Å². The van der Waals surface area contributed by atoms with E-state index in [1.165, 1.54) is 5.56 Å². The van der Waals surface area contributed by atoms with Gasteiger partial charge in [0.25, 0.3) is 0 Å². The van der Waals surface area contributed by atoms with Crippen molar-refractivity contribution in [3.63, 3.8) is 0 Å². The molecule has 2 aromatic rings. The van der Waals surface area contributed by atoms with E-state index in [2.05, 4.69) is 0 Å². The first-order valence-electron chi connectivity index (χ1n) is 6.29. The molecular formula is C17H18O2. The van der Waals surface area contributed by atoms with Gasteiger partial charge in [-0.05, 0) is 56.2 Å². The minimum atomic E-state index is 0.0673. The van der Waals surface area contributed by atoms with E-state index < -0.39 is 0 Å². The lowest BCUT2D eigenvalue weighted by atomic mass is 9.93. The summed E-state index contributed by atoms with van der Waals surface area (Å²) < 4.78 is 5.11. The van der Waals surface area contributed by atoms with Crippen LogP contribution in [0.1, 0.15) is 32.6 Å². The van der Waals surface area contributed by atoms with Crippen molar-refractivity contribution < 1.29 is 9.53 Å². The number of hydrogen-bond acceptors (Lipinski definition) is 2. The van der Waals surface area contributed by atoms with Crippen LogP contribution < -0.4 is 4.74 Å². The summed E-state index contributed by atoms with van der Waals surface area (Å²) in [4.78, 5) is 12.6. The highest BCUT2D eigenvalue weighted by Crippen LogP contribution is 2.21. The van der Waals surface area contributed by atoms with Gasteiger partial charge >= 0.3 is 0 Å². The third-order valence-electron chi connectivity index (χ3n) is 3.26. The van der Waals surface area contributed by atoms with Crippen LogP contribution in [0.4, 0.5) is 0 Å². The van der Waals surface area contributed by atoms with Gasteiger partial charge in [0, 0.05) is 11.1 Å². The third kappa shape index (κ3) is 2.68. The summed E-state index contributed by atoms with van der Waals surface area (Å²) in [6.07, 6.45) is 0. The Bertz CT molecular complexity index is 587. The minimum absolute atomic E-state index is 0.0673. The molecule has 2 nitrogen and oxygen atoms in total. The fourth-order valence-corrected chi connectivity index (χ4v) is 2.42. The third-order valence-corrected chi connectivity index (χ3v) is 3.26. The van der Waals surface area contributed by atoms with Crippen LogP contribution in [0.3, 0.4) is 0 Å². The second-order valence-corrected chi connectivity index (χ2v) is 4.83. The van der Waals surface area contributed by atoms with Crippen molar-refractivity contribution in [2.75, 3.05) is 7.11 Å². The molecule has 0 radical (unpaired) electrons. The van der Waals surface area contributed by atoms with E-state index in [1.54, 1.807) is 19.2 Å². The average molecular weight is 254 g/mol. The number of rotatable bonds is 3. The molecule has 2 heteroatoms. The van der Waals surface area contributed by atoms with Crippen molar-refractivity contribution in [3.8, 4) is 5.75 Å². The predicted molar refractivity (Wildman–Crippen MR) is 77.1 cm³/mol. The number of carbonyl (C=O) groups is 1. The highest BCUT2D eigenvalue weighted by Gasteiger charge is 2.14. The van der Waals surface area contributed by atoms with Crippen molar-refractivity contribution in [2.45, 2.75) is 20.8 Å². The van der Waals surface area contributed by atoms with Gasteiger partial charge in [-0.15, -0.1) is 0 Å². The summed E-state index contributed by atoms with van der Waals surface area (Å²) in [6, 6.07) is 11.3. The highest BCUT2D eigenvalue weighted by atomic mass is 16.5. The lowest BCUT2D eigenvalue weighted by molar-refractivity contribution is 0.103. The molecule has 0 aliphatic rings. The molecule has 0 fully saturated rings. The molecule has 0 bridgehead atoms. The molecule has 19 heavy (non-hydrogen) atoms. The van der Waals surface area contributed by atoms with Gasteiger partial charge in [0.2, 0.25) is 0 Å². The molecule has 0 amide bonds. The number of hydrogen-bond donors (Lipinski definition) is 0. The zero-order valence-electron chi connectivity index (χ0n) is 11.8. The second-order valence-electron chi connectivity index (χ2n) is 4.83. The number of ether oxygens (including phenoxy) is 1. The molecule has 0 unspecified atom stereocenters. The summed E-state index contributed by atoms with van der Waals surface area (Å²) in [7, 11) is 1.62. The van der Waals surface area contributed by atoms with Crippen molar-refractivity contribution in [2.24, 2.45) is 0 Å². The Morgan fingerprint density at radius 1 is 0.947 bits per heavy atom. The lowest BCUT2D eigenvalue weighted by Gasteiger charge is -2.10. The van der Waals surface area contributed by atoms with Crippen molar-refractivity contribution in [1.29, 1.82) is 0 Å². The molecule has 0 spiro atoms. The standard InChI is InChI=1S/C17H18O2/c1-11-9-12(2)16(13(3)10-11)17(18)14-5-7-15(19-4)8-6-14/h5-10H,1-4H3. The van der Waals surface area contributed by atoms with Gasteiger partial charge in [-0.25, -0.2) is 0 Å². The van der Waals surface area contributed by atoms with Crippen molar-refractivity contribution >= 4 is 5.78 Å². The zero-order chi connectivity index (χ0) is 14.0. The molecule has 0 aliphatic heterocycles. The number of ketones is 1. The van der Waals surface area contributed by atoms with E-state index in [0.717, 1.165) is 22.4 Å². The molecule has 0 aromatic heterocycles. The first-order chi connectivity index (χ1) is 9.02. The Hall–Kier alpha value is -2.09. The first-order valence-corrected chi connectivity index (χ1v) is 6.29. The molecule has 0 aliphatic carbocycles. The smallest absolute Gasteiger partial charge is 0.193 e. The maximum atomic E-state index is 12.6. The number of aryl methyl sites for hydroxylation is 3. The summed E-state index contributed by atoms with van der Waals surface area (Å²) in [5.41, 5.74) is 4.73. The number of carbonyl (C=O) groups excluding carboxylic acids is 1. The fourth-order valence-electron chi connectivity index (χ4n) is 2.42. The number of methoxy groups -OCH3 is 1. The first kappa shape index (κ1) is 13.3. The van der Waals surface area contributed by atoms with Gasteiger partial charge in [-0.1, -0.05) is 17.7 Å². The predicted octanol–water partition coefficient (Wildman–Crippen LogP) is 3.85. The van der Waals surface area contributed by atoms with Crippen LogP contribution in [0.2, 0.25) is 0 Å². The van der Waals surface area contributed by atoms with E-state index in [9.17, 15) is 4.79 Å². The molecule has 98 valence electrons. The zero-order valence-corrected chi connectivity index (χ0v) is 11.8. The van der Waals surface area contributed by atoms with Gasteiger partial charge in [0.05, 0.1) is 7.11 Å². The number of benzene rings is 2. The van der Waals surface area contributed by atoms with Crippen LogP contribution in [0.15, 0.2) is 36.4 Å².